The summed E-state index contributed by atoms with van der Waals surface area (Å²) in [6, 6.07) is 14.6. The van der Waals surface area contributed by atoms with Gasteiger partial charge < -0.3 is 10.6 Å². The number of nitrogens with two attached hydrogens (primary N) is 1. The molecule has 0 spiro atoms. The molecule has 0 bridgehead atoms. The van der Waals surface area contributed by atoms with E-state index in [-0.39, 0.29) is 5.92 Å². The minimum atomic E-state index is 0.154. The Hall–Kier alpha value is -4.35. The number of aromatic nitrogens is 1. The van der Waals surface area contributed by atoms with E-state index in [0.717, 1.165) is 35.6 Å². The maximum atomic E-state index is 5.56. The van der Waals surface area contributed by atoms with Crippen molar-refractivity contribution in [2.45, 2.75) is 32.2 Å². The molecule has 0 saturated carbocycles. The topological polar surface area (TPSA) is 66.9 Å². The van der Waals surface area contributed by atoms with Gasteiger partial charge in [0.2, 0.25) is 0 Å². The van der Waals surface area contributed by atoms with Gasteiger partial charge in [-0.05, 0) is 48.6 Å². The molecule has 1 atom stereocenters. The molecule has 1 unspecified atom stereocenters. The minimum Gasteiger partial charge on any atom is -0.345 e. The molecule has 0 fully saturated rings. The molecule has 1 aliphatic heterocycles. The zero-order valence-electron chi connectivity index (χ0n) is 22.9. The monoisotopic (exact) mass is 517 g/mol. The first-order chi connectivity index (χ1) is 19.2. The van der Waals surface area contributed by atoms with E-state index in [1.165, 1.54) is 11.3 Å². The lowest BCUT2D eigenvalue weighted by atomic mass is 9.89. The van der Waals surface area contributed by atoms with Gasteiger partial charge >= 0.3 is 0 Å². The van der Waals surface area contributed by atoms with E-state index in [1.807, 2.05) is 48.6 Å². The van der Waals surface area contributed by atoms with E-state index in [9.17, 15) is 0 Å². The zero-order chi connectivity index (χ0) is 27.7. The van der Waals surface area contributed by atoms with Crippen molar-refractivity contribution in [1.29, 1.82) is 0 Å². The van der Waals surface area contributed by atoms with Gasteiger partial charge in [0.1, 0.15) is 0 Å². The Morgan fingerprint density at radius 1 is 1.10 bits per heavy atom. The first kappa shape index (κ1) is 29.2. The van der Waals surface area contributed by atoms with E-state index in [0.29, 0.717) is 19.5 Å². The lowest BCUT2D eigenvalue weighted by Crippen LogP contribution is -2.24. The molecule has 0 amide bonds. The summed E-state index contributed by atoms with van der Waals surface area (Å²) in [6.07, 6.45) is 25.5. The molecular weight excluding hydrogens is 478 g/mol. The molecule has 2 aromatic rings. The summed E-state index contributed by atoms with van der Waals surface area (Å²) in [4.78, 5) is 16.0. The second-order valence-electron chi connectivity index (χ2n) is 8.91. The third-order valence-corrected chi connectivity index (χ3v) is 6.32. The molecular formula is C34H39N5. The van der Waals surface area contributed by atoms with Gasteiger partial charge in [-0.2, -0.15) is 0 Å². The van der Waals surface area contributed by atoms with Gasteiger partial charge in [0, 0.05) is 43.5 Å². The van der Waals surface area contributed by atoms with Crippen LogP contribution in [0.4, 0.5) is 0 Å². The van der Waals surface area contributed by atoms with Crippen molar-refractivity contribution in [3.8, 4) is 0 Å². The lowest BCUT2D eigenvalue weighted by Gasteiger charge is -2.32. The van der Waals surface area contributed by atoms with Gasteiger partial charge in [-0.25, -0.2) is 0 Å². The third kappa shape index (κ3) is 8.87. The Morgan fingerprint density at radius 2 is 1.92 bits per heavy atom. The highest BCUT2D eigenvalue weighted by Crippen LogP contribution is 2.35. The predicted octanol–water partition coefficient (Wildman–Crippen LogP) is 7.07. The highest BCUT2D eigenvalue weighted by Gasteiger charge is 2.23. The summed E-state index contributed by atoms with van der Waals surface area (Å²) in [7, 11) is 0. The minimum absolute atomic E-state index is 0.154. The predicted molar refractivity (Wildman–Crippen MR) is 167 cm³/mol. The second-order valence-corrected chi connectivity index (χ2v) is 8.91. The van der Waals surface area contributed by atoms with Gasteiger partial charge in [0.25, 0.3) is 0 Å². The van der Waals surface area contributed by atoms with Crippen molar-refractivity contribution in [3.63, 3.8) is 0 Å². The first-order valence-corrected chi connectivity index (χ1v) is 13.4. The van der Waals surface area contributed by atoms with Crippen LogP contribution in [0, 0.1) is 0 Å². The van der Waals surface area contributed by atoms with E-state index in [1.54, 1.807) is 12.3 Å². The Kier molecular flexibility index (Phi) is 12.3. The highest BCUT2D eigenvalue weighted by atomic mass is 15.1. The van der Waals surface area contributed by atoms with Crippen LogP contribution in [0.3, 0.4) is 0 Å². The third-order valence-electron chi connectivity index (χ3n) is 6.32. The average molecular weight is 518 g/mol. The summed E-state index contributed by atoms with van der Waals surface area (Å²) in [5.41, 5.74) is 11.8. The van der Waals surface area contributed by atoms with Crippen molar-refractivity contribution in [2.24, 2.45) is 15.7 Å². The summed E-state index contributed by atoms with van der Waals surface area (Å²) in [5.74, 6) is 0.154. The van der Waals surface area contributed by atoms with Gasteiger partial charge in [0.15, 0.2) is 0 Å². The summed E-state index contributed by atoms with van der Waals surface area (Å²) >= 11 is 0. The van der Waals surface area contributed by atoms with Gasteiger partial charge in [-0.1, -0.05) is 92.4 Å². The molecule has 1 aliphatic rings. The molecule has 1 aromatic carbocycles. The number of benzene rings is 1. The van der Waals surface area contributed by atoms with Gasteiger partial charge in [-0.3, -0.25) is 15.0 Å². The van der Waals surface area contributed by atoms with Crippen LogP contribution in [0.15, 0.2) is 144 Å². The SMILES string of the molecule is C=C/C=C\C(=NCc1ccccn1)c1ccc(C(CC)/C(=C(\C/C=C\C=C/CN)N=C)N2C=CC=CC2)cc1. The Bertz CT molecular complexity index is 1270. The smallest absolute Gasteiger partial charge is 0.0819 e. The van der Waals surface area contributed by atoms with E-state index >= 15 is 0 Å². The summed E-state index contributed by atoms with van der Waals surface area (Å²) in [6.45, 7) is 11.8. The number of nitrogens with zero attached hydrogens (tertiary/aromatic N) is 4. The van der Waals surface area contributed by atoms with E-state index < -0.39 is 0 Å². The van der Waals surface area contributed by atoms with Crippen molar-refractivity contribution >= 4 is 12.4 Å². The van der Waals surface area contributed by atoms with Crippen LogP contribution in [-0.4, -0.2) is 35.4 Å². The molecule has 2 N–H and O–H groups in total. The molecule has 0 saturated heterocycles. The normalized spacial score (nSPS) is 15.3. The molecule has 5 heteroatoms. The Balaban J connectivity index is 1.96. The fraction of sp³-hybridized carbons (Fsp3) is 0.206. The van der Waals surface area contributed by atoms with Gasteiger partial charge in [0.05, 0.1) is 23.6 Å². The zero-order valence-corrected chi connectivity index (χ0v) is 22.9. The van der Waals surface area contributed by atoms with Crippen LogP contribution in [0.5, 0.6) is 0 Å². The quantitative estimate of drug-likeness (QED) is 0.215. The fourth-order valence-electron chi connectivity index (χ4n) is 4.41. The van der Waals surface area contributed by atoms with Crippen LogP contribution in [-0.2, 0) is 6.54 Å². The summed E-state index contributed by atoms with van der Waals surface area (Å²) < 4.78 is 0. The largest absolute Gasteiger partial charge is 0.345 e. The first-order valence-electron chi connectivity index (χ1n) is 13.4. The summed E-state index contributed by atoms with van der Waals surface area (Å²) in [5, 5.41) is 0. The van der Waals surface area contributed by atoms with Crippen LogP contribution in [0.2, 0.25) is 0 Å². The molecule has 5 nitrogen and oxygen atoms in total. The van der Waals surface area contributed by atoms with E-state index in [4.69, 9.17) is 10.7 Å². The maximum absolute atomic E-state index is 5.56. The van der Waals surface area contributed by atoms with Crippen LogP contribution < -0.4 is 5.73 Å². The number of pyridine rings is 1. The van der Waals surface area contributed by atoms with Crippen LogP contribution in [0.1, 0.15) is 42.5 Å². The van der Waals surface area contributed by atoms with Crippen molar-refractivity contribution in [1.82, 2.24) is 9.88 Å². The van der Waals surface area contributed by atoms with Crippen molar-refractivity contribution < 1.29 is 0 Å². The number of aliphatic imine (C=N–C) groups is 2. The molecule has 39 heavy (non-hydrogen) atoms. The standard InChI is InChI=1S/C34H39N5/c1-4-6-17-32(38-27-30-16-11-13-24-37-30)29-21-19-28(20-22-29)31(5-2)34(39-25-14-9-15-26-39)33(36-3)18-10-7-8-12-23-35/h4,6-17,19-22,24-25,31H,1,3,5,18,23,26-27,35H2,2H3/b10-7-,12-8-,17-6-,34-33-,38-32?. The lowest BCUT2D eigenvalue weighted by molar-refractivity contribution is 0.449. The number of hydrogen-bond donors (Lipinski definition) is 1. The average Bonchev–Trinajstić information content (AvgIpc) is 2.99. The number of allylic oxidation sites excluding steroid dienone is 9. The molecule has 0 radical (unpaired) electrons. The van der Waals surface area contributed by atoms with Crippen molar-refractivity contribution in [2.75, 3.05) is 13.1 Å². The molecule has 0 aliphatic carbocycles. The molecule has 3 rings (SSSR count). The van der Waals surface area contributed by atoms with E-state index in [2.05, 4.69) is 89.9 Å². The second kappa shape index (κ2) is 16.5. The van der Waals surface area contributed by atoms with Crippen molar-refractivity contribution in [3.05, 3.63) is 150 Å². The van der Waals surface area contributed by atoms with Crippen LogP contribution >= 0.6 is 0 Å². The maximum Gasteiger partial charge on any atom is 0.0819 e. The number of rotatable bonds is 14. The highest BCUT2D eigenvalue weighted by molar-refractivity contribution is 6.08. The van der Waals surface area contributed by atoms with Gasteiger partial charge in [-0.15, -0.1) is 0 Å². The number of hydrogen-bond acceptors (Lipinski definition) is 5. The Labute approximate surface area is 233 Å². The molecule has 1 aromatic heterocycles. The fourth-order valence-corrected chi connectivity index (χ4v) is 4.41. The molecule has 2 heterocycles. The Morgan fingerprint density at radius 3 is 2.56 bits per heavy atom. The van der Waals surface area contributed by atoms with Crippen LogP contribution in [0.25, 0.3) is 0 Å². The molecule has 200 valence electrons.